The fourth-order valence-electron chi connectivity index (χ4n) is 2.38. The molecule has 24 heavy (non-hydrogen) atoms. The summed E-state index contributed by atoms with van der Waals surface area (Å²) in [7, 11) is 0. The lowest BCUT2D eigenvalue weighted by Gasteiger charge is -2.27. The van der Waals surface area contributed by atoms with Gasteiger partial charge in [0, 0.05) is 10.0 Å². The van der Waals surface area contributed by atoms with Gasteiger partial charge in [0.25, 0.3) is 0 Å². The highest BCUT2D eigenvalue weighted by atomic mass is 35.5. The molecular formula is C17H12Cl2N2O3. The van der Waals surface area contributed by atoms with E-state index in [9.17, 15) is 10.1 Å². The number of rotatable bonds is 3. The molecule has 2 rings (SSSR count). The van der Waals surface area contributed by atoms with Crippen LogP contribution in [0.4, 0.5) is 0 Å². The van der Waals surface area contributed by atoms with Crippen LogP contribution in [0, 0.1) is 23.7 Å². The summed E-state index contributed by atoms with van der Waals surface area (Å²) in [5.41, 5.74) is 6.44. The van der Waals surface area contributed by atoms with E-state index in [0.29, 0.717) is 10.6 Å². The molecule has 0 aromatic heterocycles. The predicted molar refractivity (Wildman–Crippen MR) is 89.6 cm³/mol. The van der Waals surface area contributed by atoms with Gasteiger partial charge < -0.3 is 15.2 Å². The molecule has 0 fully saturated rings. The lowest BCUT2D eigenvalue weighted by Crippen LogP contribution is -2.25. The van der Waals surface area contributed by atoms with Gasteiger partial charge in [0.1, 0.15) is 17.4 Å². The van der Waals surface area contributed by atoms with Gasteiger partial charge in [-0.1, -0.05) is 35.2 Å². The zero-order valence-electron chi connectivity index (χ0n) is 12.6. The van der Waals surface area contributed by atoms with E-state index in [2.05, 4.69) is 5.92 Å². The first-order valence-electron chi connectivity index (χ1n) is 6.74. The second-order valence-corrected chi connectivity index (χ2v) is 5.68. The van der Waals surface area contributed by atoms with Crippen LogP contribution in [0.5, 0.6) is 0 Å². The predicted octanol–water partition coefficient (Wildman–Crippen LogP) is 3.25. The zero-order chi connectivity index (χ0) is 17.9. The first-order chi connectivity index (χ1) is 11.4. The minimum atomic E-state index is -0.834. The van der Waals surface area contributed by atoms with E-state index in [4.69, 9.17) is 44.8 Å². The molecule has 0 spiro atoms. The number of terminal acetylenes is 1. The minimum Gasteiger partial charge on any atom is -0.449 e. The Morgan fingerprint density at radius 1 is 1.50 bits per heavy atom. The van der Waals surface area contributed by atoms with Crippen LogP contribution in [0.15, 0.2) is 41.0 Å². The molecule has 1 unspecified atom stereocenters. The van der Waals surface area contributed by atoms with Crippen molar-refractivity contribution in [2.75, 3.05) is 6.61 Å². The lowest BCUT2D eigenvalue weighted by molar-refractivity contribution is -0.138. The standard InChI is InChI=1S/C17H12Cl2N2O3/c1-3-6-23-17(22)14-9(2)24-16(21)12(8-20)15(14)11-5-4-10(18)7-13(11)19/h1,4-5,7,15H,6,21H2,2H3. The summed E-state index contributed by atoms with van der Waals surface area (Å²) in [6.45, 7) is 1.34. The minimum absolute atomic E-state index is 0.0532. The number of carbonyl (C=O) groups is 1. The molecule has 0 aliphatic carbocycles. The van der Waals surface area contributed by atoms with Crippen LogP contribution in [-0.2, 0) is 14.3 Å². The van der Waals surface area contributed by atoms with Crippen LogP contribution in [0.1, 0.15) is 18.4 Å². The Balaban J connectivity index is 2.63. The quantitative estimate of drug-likeness (QED) is 0.658. The molecule has 0 saturated carbocycles. The fourth-order valence-corrected chi connectivity index (χ4v) is 2.90. The van der Waals surface area contributed by atoms with E-state index in [-0.39, 0.29) is 34.4 Å². The van der Waals surface area contributed by atoms with Crippen LogP contribution >= 0.6 is 23.2 Å². The summed E-state index contributed by atoms with van der Waals surface area (Å²) >= 11 is 12.2. The molecule has 1 aliphatic rings. The second kappa shape index (κ2) is 7.31. The number of halogens is 2. The molecule has 0 amide bonds. The van der Waals surface area contributed by atoms with Crippen molar-refractivity contribution in [2.24, 2.45) is 5.73 Å². The number of hydrogen-bond acceptors (Lipinski definition) is 5. The summed E-state index contributed by atoms with van der Waals surface area (Å²) in [6, 6.07) is 6.69. The number of hydrogen-bond donors (Lipinski definition) is 1. The van der Waals surface area contributed by atoms with Crippen LogP contribution in [-0.4, -0.2) is 12.6 Å². The first-order valence-corrected chi connectivity index (χ1v) is 7.50. The molecule has 0 bridgehead atoms. The summed E-state index contributed by atoms with van der Waals surface area (Å²) in [6.07, 6.45) is 5.11. The number of nitriles is 1. The monoisotopic (exact) mass is 362 g/mol. The van der Waals surface area contributed by atoms with Gasteiger partial charge in [-0.25, -0.2) is 4.79 Å². The van der Waals surface area contributed by atoms with Gasteiger partial charge in [-0.15, -0.1) is 6.42 Å². The Kier molecular flexibility index (Phi) is 5.41. The Bertz CT molecular complexity index is 844. The normalized spacial score (nSPS) is 17.0. The Morgan fingerprint density at radius 2 is 2.21 bits per heavy atom. The smallest absolute Gasteiger partial charge is 0.339 e. The Labute approximate surface area is 149 Å². The van der Waals surface area contributed by atoms with Crippen molar-refractivity contribution in [1.29, 1.82) is 5.26 Å². The zero-order valence-corrected chi connectivity index (χ0v) is 14.1. The number of carbonyl (C=O) groups excluding carboxylic acids is 1. The van der Waals surface area contributed by atoms with Gasteiger partial charge in [-0.3, -0.25) is 0 Å². The maximum Gasteiger partial charge on any atom is 0.339 e. The summed E-state index contributed by atoms with van der Waals surface area (Å²) in [5.74, 6) is 0.782. The van der Waals surface area contributed by atoms with E-state index in [0.717, 1.165) is 0 Å². The largest absolute Gasteiger partial charge is 0.449 e. The molecule has 5 nitrogen and oxygen atoms in total. The van der Waals surface area contributed by atoms with Crippen LogP contribution in [0.25, 0.3) is 0 Å². The van der Waals surface area contributed by atoms with Gasteiger partial charge in [0.2, 0.25) is 5.88 Å². The van der Waals surface area contributed by atoms with Gasteiger partial charge in [0.05, 0.1) is 11.5 Å². The Morgan fingerprint density at radius 3 is 2.79 bits per heavy atom. The van der Waals surface area contributed by atoms with Crippen molar-refractivity contribution >= 4 is 29.2 Å². The Hall–Kier alpha value is -2.60. The highest BCUT2D eigenvalue weighted by Gasteiger charge is 2.37. The number of allylic oxidation sites excluding steroid dienone is 2. The molecule has 0 saturated heterocycles. The molecular weight excluding hydrogens is 351 g/mol. The molecule has 1 heterocycles. The van der Waals surface area contributed by atoms with Crippen molar-refractivity contribution in [3.63, 3.8) is 0 Å². The van der Waals surface area contributed by atoms with Crippen molar-refractivity contribution in [1.82, 2.24) is 0 Å². The van der Waals surface area contributed by atoms with Crippen molar-refractivity contribution in [3.8, 4) is 18.4 Å². The highest BCUT2D eigenvalue weighted by molar-refractivity contribution is 6.35. The van der Waals surface area contributed by atoms with Crippen LogP contribution < -0.4 is 5.73 Å². The number of ether oxygens (including phenoxy) is 2. The fraction of sp³-hybridized carbons (Fsp3) is 0.176. The SMILES string of the molecule is C#CCOC(=O)C1=C(C)OC(N)=C(C#N)C1c1ccc(Cl)cc1Cl. The summed E-state index contributed by atoms with van der Waals surface area (Å²) in [5, 5.41) is 10.2. The maximum atomic E-state index is 12.4. The average Bonchev–Trinajstić information content (AvgIpc) is 2.52. The molecule has 122 valence electrons. The molecule has 1 aromatic carbocycles. The van der Waals surface area contributed by atoms with Crippen LogP contribution in [0.3, 0.4) is 0 Å². The second-order valence-electron chi connectivity index (χ2n) is 4.84. The van der Waals surface area contributed by atoms with Crippen molar-refractivity contribution in [3.05, 3.63) is 56.6 Å². The third-order valence-electron chi connectivity index (χ3n) is 3.39. The third kappa shape index (κ3) is 3.33. The van der Waals surface area contributed by atoms with Crippen molar-refractivity contribution in [2.45, 2.75) is 12.8 Å². The topological polar surface area (TPSA) is 85.3 Å². The molecule has 1 aromatic rings. The van der Waals surface area contributed by atoms with E-state index >= 15 is 0 Å². The number of esters is 1. The molecule has 2 N–H and O–H groups in total. The van der Waals surface area contributed by atoms with Gasteiger partial charge in [-0.05, 0) is 24.6 Å². The van der Waals surface area contributed by atoms with Gasteiger partial charge in [0.15, 0.2) is 6.61 Å². The molecule has 0 radical (unpaired) electrons. The number of nitrogens with two attached hydrogens (primary N) is 1. The first kappa shape index (κ1) is 17.7. The van der Waals surface area contributed by atoms with Gasteiger partial charge >= 0.3 is 5.97 Å². The van der Waals surface area contributed by atoms with E-state index in [1.165, 1.54) is 6.07 Å². The van der Waals surface area contributed by atoms with Crippen LogP contribution in [0.2, 0.25) is 10.0 Å². The number of benzene rings is 1. The third-order valence-corrected chi connectivity index (χ3v) is 3.95. The van der Waals surface area contributed by atoms with Crippen molar-refractivity contribution < 1.29 is 14.3 Å². The lowest BCUT2D eigenvalue weighted by atomic mass is 9.83. The summed E-state index contributed by atoms with van der Waals surface area (Å²) < 4.78 is 10.3. The molecule has 1 aliphatic heterocycles. The highest BCUT2D eigenvalue weighted by Crippen LogP contribution is 2.42. The van der Waals surface area contributed by atoms with E-state index in [1.807, 2.05) is 6.07 Å². The van der Waals surface area contributed by atoms with E-state index in [1.54, 1.807) is 19.1 Å². The molecule has 1 atom stereocenters. The molecule has 7 heteroatoms. The maximum absolute atomic E-state index is 12.4. The summed E-state index contributed by atoms with van der Waals surface area (Å²) in [4.78, 5) is 12.4. The van der Waals surface area contributed by atoms with E-state index < -0.39 is 11.9 Å². The van der Waals surface area contributed by atoms with Gasteiger partial charge in [-0.2, -0.15) is 5.26 Å². The number of nitrogens with zero attached hydrogens (tertiary/aromatic N) is 1. The average molecular weight is 363 g/mol.